The fourth-order valence-electron chi connectivity index (χ4n) is 3.37. The molecule has 3 rings (SSSR count). The van der Waals surface area contributed by atoms with Crippen molar-refractivity contribution in [3.8, 4) is 11.1 Å². The summed E-state index contributed by atoms with van der Waals surface area (Å²) in [6.07, 6.45) is 1.09. The van der Waals surface area contributed by atoms with Gasteiger partial charge in [-0.3, -0.25) is 14.2 Å². The number of hydrogen-bond acceptors (Lipinski definition) is 4. The molecule has 2 aromatic heterocycles. The molecule has 0 atom stereocenters. The Bertz CT molecular complexity index is 1080. The van der Waals surface area contributed by atoms with Crippen LogP contribution in [0.5, 0.6) is 0 Å². The van der Waals surface area contributed by atoms with Gasteiger partial charge in [0.2, 0.25) is 0 Å². The number of carbonyl (C=O) groups is 1. The van der Waals surface area contributed by atoms with Crippen molar-refractivity contribution in [1.82, 2.24) is 9.55 Å². The number of aryl methyl sites for hydroxylation is 4. The van der Waals surface area contributed by atoms with Crippen LogP contribution in [0.1, 0.15) is 41.6 Å². The van der Waals surface area contributed by atoms with E-state index in [-0.39, 0.29) is 12.0 Å². The zero-order valence-corrected chi connectivity index (χ0v) is 16.9. The van der Waals surface area contributed by atoms with Gasteiger partial charge in [0.1, 0.15) is 10.7 Å². The van der Waals surface area contributed by atoms with Crippen LogP contribution < -0.4 is 5.56 Å². The van der Waals surface area contributed by atoms with Crippen LogP contribution in [-0.2, 0) is 17.8 Å². The normalized spacial score (nSPS) is 11.3. The molecule has 0 saturated carbocycles. The summed E-state index contributed by atoms with van der Waals surface area (Å²) in [5.41, 5.74) is 4.31. The Morgan fingerprint density at radius 3 is 2.59 bits per heavy atom. The SMILES string of the molecule is CCc1nc2sc(C)c(-c3ccc(C)c(C)c3)c2c(=O)n1CCCC(=O)O. The number of thiophene rings is 1. The Morgan fingerprint density at radius 2 is 1.96 bits per heavy atom. The highest BCUT2D eigenvalue weighted by Gasteiger charge is 2.19. The predicted octanol–water partition coefficient (Wildman–Crippen LogP) is 4.48. The number of carboxylic acids is 1. The van der Waals surface area contributed by atoms with Crippen molar-refractivity contribution in [1.29, 1.82) is 0 Å². The standard InChI is InChI=1S/C21H24N2O3S/c1-5-16-22-20-19(21(26)23(16)10-6-7-17(24)25)18(14(4)27-20)15-9-8-12(2)13(3)11-15/h8-9,11H,5-7,10H2,1-4H3,(H,24,25). The number of hydrogen-bond donors (Lipinski definition) is 1. The molecule has 0 unspecified atom stereocenters. The lowest BCUT2D eigenvalue weighted by molar-refractivity contribution is -0.137. The predicted molar refractivity (Wildman–Crippen MR) is 110 cm³/mol. The molecule has 0 radical (unpaired) electrons. The second-order valence-electron chi connectivity index (χ2n) is 6.85. The second kappa shape index (κ2) is 7.64. The Balaban J connectivity index is 2.21. The minimum Gasteiger partial charge on any atom is -0.481 e. The number of aliphatic carboxylic acids is 1. The van der Waals surface area contributed by atoms with Crippen molar-refractivity contribution < 1.29 is 9.90 Å². The molecule has 27 heavy (non-hydrogen) atoms. The van der Waals surface area contributed by atoms with E-state index in [0.29, 0.717) is 30.6 Å². The summed E-state index contributed by atoms with van der Waals surface area (Å²) < 4.78 is 1.65. The molecule has 0 aliphatic carbocycles. The van der Waals surface area contributed by atoms with Crippen molar-refractivity contribution in [2.24, 2.45) is 0 Å². The molecule has 6 heteroatoms. The van der Waals surface area contributed by atoms with Crippen molar-refractivity contribution in [2.75, 3.05) is 0 Å². The Labute approximate surface area is 162 Å². The highest BCUT2D eigenvalue weighted by molar-refractivity contribution is 7.19. The van der Waals surface area contributed by atoms with Gasteiger partial charge in [0.25, 0.3) is 5.56 Å². The first kappa shape index (κ1) is 19.3. The first-order valence-corrected chi connectivity index (χ1v) is 9.97. The van der Waals surface area contributed by atoms with Gasteiger partial charge in [0.05, 0.1) is 5.39 Å². The van der Waals surface area contributed by atoms with Crippen LogP contribution in [0.2, 0.25) is 0 Å². The van der Waals surface area contributed by atoms with Gasteiger partial charge in [0, 0.05) is 29.8 Å². The lowest BCUT2D eigenvalue weighted by atomic mass is 9.99. The molecule has 3 aromatic rings. The maximum Gasteiger partial charge on any atom is 0.303 e. The second-order valence-corrected chi connectivity index (χ2v) is 8.05. The number of benzene rings is 1. The molecule has 0 spiro atoms. The summed E-state index contributed by atoms with van der Waals surface area (Å²) >= 11 is 1.55. The topological polar surface area (TPSA) is 72.2 Å². The molecule has 5 nitrogen and oxygen atoms in total. The first-order chi connectivity index (χ1) is 12.8. The summed E-state index contributed by atoms with van der Waals surface area (Å²) in [4.78, 5) is 30.7. The number of carboxylic acid groups (broad SMARTS) is 1. The van der Waals surface area contributed by atoms with Crippen molar-refractivity contribution in [3.05, 3.63) is 50.4 Å². The van der Waals surface area contributed by atoms with Gasteiger partial charge >= 0.3 is 5.97 Å². The van der Waals surface area contributed by atoms with Crippen LogP contribution in [0.15, 0.2) is 23.0 Å². The van der Waals surface area contributed by atoms with Crippen LogP contribution in [0.4, 0.5) is 0 Å². The lowest BCUT2D eigenvalue weighted by Crippen LogP contribution is -2.25. The molecule has 1 N–H and O–H groups in total. The third-order valence-electron chi connectivity index (χ3n) is 4.95. The molecule has 0 aliphatic rings. The summed E-state index contributed by atoms with van der Waals surface area (Å²) in [7, 11) is 0. The van der Waals surface area contributed by atoms with Crippen LogP contribution in [-0.4, -0.2) is 20.6 Å². The van der Waals surface area contributed by atoms with E-state index in [1.165, 1.54) is 11.1 Å². The monoisotopic (exact) mass is 384 g/mol. The summed E-state index contributed by atoms with van der Waals surface area (Å²) in [5, 5.41) is 9.55. The third-order valence-corrected chi connectivity index (χ3v) is 5.95. The van der Waals surface area contributed by atoms with E-state index >= 15 is 0 Å². The Hall–Kier alpha value is -2.47. The van der Waals surface area contributed by atoms with Gasteiger partial charge in [-0.2, -0.15) is 0 Å². The van der Waals surface area contributed by atoms with E-state index in [2.05, 4.69) is 32.0 Å². The van der Waals surface area contributed by atoms with Crippen LogP contribution in [0.3, 0.4) is 0 Å². The van der Waals surface area contributed by atoms with Crippen LogP contribution >= 0.6 is 11.3 Å². The minimum absolute atomic E-state index is 0.0420. The van der Waals surface area contributed by atoms with Gasteiger partial charge < -0.3 is 5.11 Å². The van der Waals surface area contributed by atoms with Crippen molar-refractivity contribution >= 4 is 27.5 Å². The smallest absolute Gasteiger partial charge is 0.303 e. The minimum atomic E-state index is -0.850. The highest BCUT2D eigenvalue weighted by atomic mass is 32.1. The highest BCUT2D eigenvalue weighted by Crippen LogP contribution is 2.36. The van der Waals surface area contributed by atoms with Crippen LogP contribution in [0, 0.1) is 20.8 Å². The third kappa shape index (κ3) is 3.67. The van der Waals surface area contributed by atoms with Gasteiger partial charge in [-0.05, 0) is 43.9 Å². The van der Waals surface area contributed by atoms with E-state index < -0.39 is 5.97 Å². The fraction of sp³-hybridized carbons (Fsp3) is 0.381. The Morgan fingerprint density at radius 1 is 1.22 bits per heavy atom. The van der Waals surface area contributed by atoms with Gasteiger partial charge in [0.15, 0.2) is 0 Å². The van der Waals surface area contributed by atoms with Crippen molar-refractivity contribution in [2.45, 2.75) is 53.5 Å². The van der Waals surface area contributed by atoms with Crippen LogP contribution in [0.25, 0.3) is 21.3 Å². The zero-order valence-electron chi connectivity index (χ0n) is 16.1. The number of rotatable bonds is 6. The van der Waals surface area contributed by atoms with Gasteiger partial charge in [-0.15, -0.1) is 11.3 Å². The quantitative estimate of drug-likeness (QED) is 0.680. The summed E-state index contributed by atoms with van der Waals surface area (Å²) in [5.74, 6) is -0.136. The van der Waals surface area contributed by atoms with E-state index in [1.807, 2.05) is 13.8 Å². The summed E-state index contributed by atoms with van der Waals surface area (Å²) in [6.45, 7) is 8.50. The van der Waals surface area contributed by atoms with Gasteiger partial charge in [-0.25, -0.2) is 4.98 Å². The molecule has 0 fully saturated rings. The number of nitrogens with zero attached hydrogens (tertiary/aromatic N) is 2. The summed E-state index contributed by atoms with van der Waals surface area (Å²) in [6, 6.07) is 6.25. The fourth-order valence-corrected chi connectivity index (χ4v) is 4.42. The Kier molecular flexibility index (Phi) is 5.46. The molecule has 2 heterocycles. The van der Waals surface area contributed by atoms with Gasteiger partial charge in [-0.1, -0.05) is 25.1 Å². The molecule has 0 amide bonds. The average Bonchev–Trinajstić information content (AvgIpc) is 2.95. The van der Waals surface area contributed by atoms with E-state index in [9.17, 15) is 9.59 Å². The lowest BCUT2D eigenvalue weighted by Gasteiger charge is -2.11. The maximum atomic E-state index is 13.3. The number of fused-ring (bicyclic) bond motifs is 1. The van der Waals surface area contributed by atoms with E-state index in [0.717, 1.165) is 20.8 Å². The van der Waals surface area contributed by atoms with E-state index in [1.54, 1.807) is 15.9 Å². The van der Waals surface area contributed by atoms with Crippen molar-refractivity contribution in [3.63, 3.8) is 0 Å². The maximum absolute atomic E-state index is 13.3. The van der Waals surface area contributed by atoms with E-state index in [4.69, 9.17) is 10.1 Å². The zero-order chi connectivity index (χ0) is 19.7. The molecule has 142 valence electrons. The molecule has 0 aliphatic heterocycles. The largest absolute Gasteiger partial charge is 0.481 e. The molecule has 0 saturated heterocycles. The molecular formula is C21H24N2O3S. The molecule has 0 bridgehead atoms. The first-order valence-electron chi connectivity index (χ1n) is 9.15. The molecule has 1 aromatic carbocycles. The molecular weight excluding hydrogens is 360 g/mol. The number of aromatic nitrogens is 2. The average molecular weight is 385 g/mol.